The van der Waals surface area contributed by atoms with Crippen LogP contribution in [-0.4, -0.2) is 20.9 Å². The second-order valence-corrected chi connectivity index (χ2v) is 9.56. The molecule has 1 N–H and O–H groups in total. The number of carboxylic acids is 1. The molecule has 4 aromatic rings. The normalized spacial score (nSPS) is 11.4. The number of aliphatic carboxylic acids is 1. The van der Waals surface area contributed by atoms with Crippen LogP contribution in [0.3, 0.4) is 0 Å². The summed E-state index contributed by atoms with van der Waals surface area (Å²) in [6.07, 6.45) is 4.55. The predicted octanol–water partition coefficient (Wildman–Crippen LogP) is 7.95. The van der Waals surface area contributed by atoms with Crippen LogP contribution in [-0.2, 0) is 11.4 Å². The summed E-state index contributed by atoms with van der Waals surface area (Å²) in [4.78, 5) is 10.8. The minimum Gasteiger partial charge on any atom is -0.487 e. The van der Waals surface area contributed by atoms with Gasteiger partial charge in [-0.3, -0.25) is 0 Å². The van der Waals surface area contributed by atoms with Crippen molar-refractivity contribution in [3.05, 3.63) is 105 Å². The minimum absolute atomic E-state index is 0.241. The maximum Gasteiger partial charge on any atom is 0.328 e. The van der Waals surface area contributed by atoms with Crippen LogP contribution in [0.4, 0.5) is 0 Å². The van der Waals surface area contributed by atoms with E-state index in [9.17, 15) is 4.79 Å². The maximum absolute atomic E-state index is 10.8. The molecule has 0 aliphatic heterocycles. The number of halogens is 2. The van der Waals surface area contributed by atoms with Crippen LogP contribution in [0.2, 0.25) is 10.0 Å². The highest BCUT2D eigenvalue weighted by molar-refractivity contribution is 6.37. The first-order valence-electron chi connectivity index (χ1n) is 11.5. The number of aromatic nitrogens is 2. The molecular weight excluding hydrogens is 495 g/mol. The molecule has 7 heteroatoms. The standard InChI is InChI=1S/C29H26Cl2N2O3/c1-18(2)24-16-32-33(29-25(30)8-5-9-26(29)31)27(24)17-36-22-11-12-23(19(3)14-22)21-7-4-6-20(15-21)10-13-28(34)35/h4-16,18H,17H2,1-3H3,(H,34,35)/b13-10+. The van der Waals surface area contributed by atoms with Crippen LogP contribution in [0.25, 0.3) is 22.9 Å². The highest BCUT2D eigenvalue weighted by atomic mass is 35.5. The van der Waals surface area contributed by atoms with E-state index in [1.165, 1.54) is 0 Å². The fourth-order valence-corrected chi connectivity index (χ4v) is 4.63. The van der Waals surface area contributed by atoms with Crippen LogP contribution in [0.5, 0.6) is 5.75 Å². The van der Waals surface area contributed by atoms with Gasteiger partial charge in [0.15, 0.2) is 0 Å². The molecule has 0 saturated carbocycles. The van der Waals surface area contributed by atoms with Crippen LogP contribution in [0, 0.1) is 6.92 Å². The van der Waals surface area contributed by atoms with Gasteiger partial charge in [0.05, 0.1) is 21.9 Å². The van der Waals surface area contributed by atoms with Crippen molar-refractivity contribution in [1.82, 2.24) is 9.78 Å². The maximum atomic E-state index is 10.8. The number of para-hydroxylation sites is 1. The van der Waals surface area contributed by atoms with Crippen LogP contribution in [0.15, 0.2) is 72.9 Å². The Balaban J connectivity index is 1.60. The molecule has 184 valence electrons. The van der Waals surface area contributed by atoms with Crippen LogP contribution >= 0.6 is 23.2 Å². The zero-order valence-corrected chi connectivity index (χ0v) is 21.7. The molecule has 0 bridgehead atoms. The summed E-state index contributed by atoms with van der Waals surface area (Å²) < 4.78 is 7.98. The van der Waals surface area contributed by atoms with Crippen LogP contribution < -0.4 is 4.74 Å². The summed E-state index contributed by atoms with van der Waals surface area (Å²) in [5.41, 5.74) is 6.49. The highest BCUT2D eigenvalue weighted by Crippen LogP contribution is 2.33. The van der Waals surface area contributed by atoms with Crippen molar-refractivity contribution in [2.24, 2.45) is 0 Å². The monoisotopic (exact) mass is 520 g/mol. The lowest BCUT2D eigenvalue weighted by atomic mass is 9.98. The number of hydrogen-bond acceptors (Lipinski definition) is 3. The molecule has 0 aliphatic carbocycles. The molecule has 0 aliphatic rings. The zero-order valence-electron chi connectivity index (χ0n) is 20.2. The highest BCUT2D eigenvalue weighted by Gasteiger charge is 2.19. The molecule has 5 nitrogen and oxygen atoms in total. The Labute approximate surface area is 220 Å². The van der Waals surface area contributed by atoms with Crippen molar-refractivity contribution in [2.75, 3.05) is 0 Å². The Morgan fingerprint density at radius 2 is 1.81 bits per heavy atom. The van der Waals surface area contributed by atoms with E-state index in [0.717, 1.165) is 45.3 Å². The Bertz CT molecular complexity index is 1420. The molecule has 4 rings (SSSR count). The second-order valence-electron chi connectivity index (χ2n) is 8.75. The van der Waals surface area contributed by atoms with Crippen molar-refractivity contribution in [1.29, 1.82) is 0 Å². The summed E-state index contributed by atoms with van der Waals surface area (Å²) in [6, 6.07) is 19.1. The first-order chi connectivity index (χ1) is 17.2. The molecule has 36 heavy (non-hydrogen) atoms. The van der Waals surface area contributed by atoms with Gasteiger partial charge in [-0.05, 0) is 77.1 Å². The van der Waals surface area contributed by atoms with Crippen molar-refractivity contribution < 1.29 is 14.6 Å². The average molecular weight is 521 g/mol. The number of aryl methyl sites for hydroxylation is 1. The molecule has 0 amide bonds. The molecule has 3 aromatic carbocycles. The molecule has 0 radical (unpaired) electrons. The summed E-state index contributed by atoms with van der Waals surface area (Å²) in [5, 5.41) is 14.5. The molecule has 0 saturated heterocycles. The van der Waals surface area contributed by atoms with E-state index >= 15 is 0 Å². The van der Waals surface area contributed by atoms with E-state index in [1.807, 2.05) is 55.6 Å². The first-order valence-corrected chi connectivity index (χ1v) is 12.3. The van der Waals surface area contributed by atoms with Gasteiger partial charge in [0, 0.05) is 6.08 Å². The minimum atomic E-state index is -0.975. The van der Waals surface area contributed by atoms with E-state index < -0.39 is 5.97 Å². The largest absolute Gasteiger partial charge is 0.487 e. The van der Waals surface area contributed by atoms with Gasteiger partial charge in [-0.2, -0.15) is 5.10 Å². The quantitative estimate of drug-likeness (QED) is 0.239. The van der Waals surface area contributed by atoms with Gasteiger partial charge in [-0.1, -0.05) is 67.4 Å². The molecule has 0 unspecified atom stereocenters. The van der Waals surface area contributed by atoms with Gasteiger partial charge in [0.2, 0.25) is 0 Å². The molecular formula is C29H26Cl2N2O3. The summed E-state index contributed by atoms with van der Waals surface area (Å²) in [6.45, 7) is 6.54. The molecule has 0 atom stereocenters. The molecule has 1 heterocycles. The third kappa shape index (κ3) is 5.64. The smallest absolute Gasteiger partial charge is 0.328 e. The average Bonchev–Trinajstić information content (AvgIpc) is 3.25. The summed E-state index contributed by atoms with van der Waals surface area (Å²) in [7, 11) is 0. The number of hydrogen-bond donors (Lipinski definition) is 1. The summed E-state index contributed by atoms with van der Waals surface area (Å²) in [5.74, 6) is -0.00655. The van der Waals surface area contributed by atoms with Gasteiger partial charge >= 0.3 is 5.97 Å². The predicted molar refractivity (Wildman–Crippen MR) is 145 cm³/mol. The van der Waals surface area contributed by atoms with E-state index in [0.29, 0.717) is 22.3 Å². The van der Waals surface area contributed by atoms with Crippen molar-refractivity contribution in [3.8, 4) is 22.6 Å². The SMILES string of the molecule is Cc1cc(OCc2c(C(C)C)cnn2-c2c(Cl)cccc2Cl)ccc1-c1cccc(/C=C/C(=O)O)c1. The van der Waals surface area contributed by atoms with Crippen LogP contribution in [0.1, 0.15) is 42.1 Å². The van der Waals surface area contributed by atoms with Gasteiger partial charge in [-0.25, -0.2) is 9.48 Å². The van der Waals surface area contributed by atoms with Crippen molar-refractivity contribution >= 4 is 35.2 Å². The first kappa shape index (κ1) is 25.5. The van der Waals surface area contributed by atoms with E-state index in [1.54, 1.807) is 29.0 Å². The van der Waals surface area contributed by atoms with Crippen molar-refractivity contribution in [2.45, 2.75) is 33.3 Å². The number of rotatable bonds is 8. The Morgan fingerprint density at radius 3 is 2.47 bits per heavy atom. The lowest BCUT2D eigenvalue weighted by Crippen LogP contribution is -2.09. The van der Waals surface area contributed by atoms with Gasteiger partial charge in [0.25, 0.3) is 0 Å². The van der Waals surface area contributed by atoms with E-state index in [4.69, 9.17) is 33.0 Å². The Hall–Kier alpha value is -3.54. The van der Waals surface area contributed by atoms with Gasteiger partial charge in [-0.15, -0.1) is 0 Å². The topological polar surface area (TPSA) is 64.4 Å². The molecule has 1 aromatic heterocycles. The van der Waals surface area contributed by atoms with Crippen molar-refractivity contribution in [3.63, 3.8) is 0 Å². The zero-order chi connectivity index (χ0) is 25.8. The Morgan fingerprint density at radius 1 is 1.08 bits per heavy atom. The number of benzene rings is 3. The lowest BCUT2D eigenvalue weighted by molar-refractivity contribution is -0.131. The fraction of sp³-hybridized carbons (Fsp3) is 0.172. The lowest BCUT2D eigenvalue weighted by Gasteiger charge is -2.16. The van der Waals surface area contributed by atoms with E-state index in [-0.39, 0.29) is 5.92 Å². The molecule has 0 spiro atoms. The number of ether oxygens (including phenoxy) is 1. The number of carboxylic acid groups (broad SMARTS) is 1. The summed E-state index contributed by atoms with van der Waals surface area (Å²) >= 11 is 12.9. The number of carbonyl (C=O) groups is 1. The third-order valence-electron chi connectivity index (χ3n) is 5.86. The third-order valence-corrected chi connectivity index (χ3v) is 6.47. The van der Waals surface area contributed by atoms with Gasteiger partial charge < -0.3 is 9.84 Å². The molecule has 0 fully saturated rings. The second kappa shape index (κ2) is 11.0. The fourth-order valence-electron chi connectivity index (χ4n) is 4.08. The van der Waals surface area contributed by atoms with E-state index in [2.05, 4.69) is 18.9 Å². The Kier molecular flexibility index (Phi) is 7.82. The number of nitrogens with zero attached hydrogens (tertiary/aromatic N) is 2. The van der Waals surface area contributed by atoms with Gasteiger partial charge in [0.1, 0.15) is 18.0 Å².